The van der Waals surface area contributed by atoms with Crippen LogP contribution >= 0.6 is 27.3 Å². The zero-order valence-electron chi connectivity index (χ0n) is 19.5. The van der Waals surface area contributed by atoms with E-state index in [4.69, 9.17) is 14.2 Å². The number of phenols is 1. The van der Waals surface area contributed by atoms with Crippen molar-refractivity contribution in [2.45, 2.75) is 19.9 Å². The number of nitrogens with zero attached hydrogens (tertiary/aromatic N) is 2. The van der Waals surface area contributed by atoms with Crippen LogP contribution in [0.3, 0.4) is 0 Å². The summed E-state index contributed by atoms with van der Waals surface area (Å²) in [6, 6.07) is 9.31. The number of hydrogen-bond acceptors (Lipinski definition) is 8. The Kier molecular flexibility index (Phi) is 7.13. The highest BCUT2D eigenvalue weighted by Gasteiger charge is 2.35. The Balaban J connectivity index is 2.04. The number of hydrogen-bond donors (Lipinski definition) is 1. The molecule has 0 aliphatic carbocycles. The van der Waals surface area contributed by atoms with Gasteiger partial charge < -0.3 is 19.3 Å². The first-order valence-electron chi connectivity index (χ1n) is 10.7. The van der Waals surface area contributed by atoms with Crippen LogP contribution in [0.25, 0.3) is 6.08 Å². The number of rotatable bonds is 6. The fourth-order valence-electron chi connectivity index (χ4n) is 3.92. The molecule has 0 fully saturated rings. The van der Waals surface area contributed by atoms with Crippen molar-refractivity contribution in [1.82, 2.24) is 4.57 Å². The third kappa shape index (κ3) is 4.63. The quantitative estimate of drug-likeness (QED) is 0.466. The van der Waals surface area contributed by atoms with E-state index in [1.54, 1.807) is 56.3 Å². The van der Waals surface area contributed by atoms with Crippen LogP contribution in [0.1, 0.15) is 31.0 Å². The van der Waals surface area contributed by atoms with Gasteiger partial charge in [-0.3, -0.25) is 9.36 Å². The molecule has 3 aromatic rings. The van der Waals surface area contributed by atoms with Gasteiger partial charge in [0.15, 0.2) is 4.80 Å². The van der Waals surface area contributed by atoms with Crippen LogP contribution in [0.4, 0.5) is 0 Å². The average molecular weight is 559 g/mol. The first kappa shape index (κ1) is 24.7. The molecular formula is C25H23BrN2O6S. The van der Waals surface area contributed by atoms with Crippen molar-refractivity contribution < 1.29 is 24.1 Å². The number of carbonyl (C=O) groups is 1. The van der Waals surface area contributed by atoms with E-state index in [1.165, 1.54) is 30.1 Å². The van der Waals surface area contributed by atoms with Gasteiger partial charge in [0.05, 0.1) is 36.6 Å². The van der Waals surface area contributed by atoms with Crippen molar-refractivity contribution in [1.29, 1.82) is 0 Å². The summed E-state index contributed by atoms with van der Waals surface area (Å²) in [5.74, 6) is 0.488. The number of methoxy groups -OCH3 is 2. The number of aromatic hydroxyl groups is 1. The minimum absolute atomic E-state index is 0.0356. The van der Waals surface area contributed by atoms with E-state index in [9.17, 15) is 14.7 Å². The molecule has 182 valence electrons. The highest BCUT2D eigenvalue weighted by Crippen LogP contribution is 2.37. The summed E-state index contributed by atoms with van der Waals surface area (Å²) in [4.78, 5) is 31.8. The Bertz CT molecular complexity index is 1520. The first-order chi connectivity index (χ1) is 16.8. The second-order valence-corrected chi connectivity index (χ2v) is 9.54. The summed E-state index contributed by atoms with van der Waals surface area (Å²) in [7, 11) is 3.06. The van der Waals surface area contributed by atoms with Crippen LogP contribution in [0, 0.1) is 0 Å². The van der Waals surface area contributed by atoms with E-state index in [2.05, 4.69) is 20.9 Å². The number of ether oxygens (including phenoxy) is 3. The summed E-state index contributed by atoms with van der Waals surface area (Å²) in [5.41, 5.74) is 1.35. The molecule has 1 unspecified atom stereocenters. The van der Waals surface area contributed by atoms with Crippen LogP contribution in [0.5, 0.6) is 17.2 Å². The predicted molar refractivity (Wildman–Crippen MR) is 136 cm³/mol. The molecule has 0 bridgehead atoms. The number of phenolic OH excluding ortho intramolecular Hbond substituents is 1. The van der Waals surface area contributed by atoms with E-state index in [0.717, 1.165) is 4.47 Å². The molecule has 4 rings (SSSR count). The zero-order valence-corrected chi connectivity index (χ0v) is 21.9. The Morgan fingerprint density at radius 1 is 1.23 bits per heavy atom. The Labute approximate surface area is 213 Å². The number of aromatic nitrogens is 1. The molecule has 10 heteroatoms. The van der Waals surface area contributed by atoms with E-state index in [1.807, 2.05) is 0 Å². The van der Waals surface area contributed by atoms with Gasteiger partial charge in [-0.15, -0.1) is 0 Å². The predicted octanol–water partition coefficient (Wildman–Crippen LogP) is 3.28. The lowest BCUT2D eigenvalue weighted by molar-refractivity contribution is -0.139. The topological polar surface area (TPSA) is 99.4 Å². The van der Waals surface area contributed by atoms with Crippen LogP contribution in [-0.4, -0.2) is 36.5 Å². The monoisotopic (exact) mass is 558 g/mol. The number of thiazole rings is 1. The van der Waals surface area contributed by atoms with Gasteiger partial charge in [-0.25, -0.2) is 9.79 Å². The minimum Gasteiger partial charge on any atom is -0.507 e. The van der Waals surface area contributed by atoms with E-state index in [0.29, 0.717) is 37.7 Å². The van der Waals surface area contributed by atoms with Gasteiger partial charge in [-0.1, -0.05) is 27.3 Å². The largest absolute Gasteiger partial charge is 0.507 e. The van der Waals surface area contributed by atoms with Crippen LogP contribution in [0.15, 0.2) is 61.9 Å². The summed E-state index contributed by atoms with van der Waals surface area (Å²) in [6.45, 7) is 3.60. The first-order valence-corrected chi connectivity index (χ1v) is 12.3. The molecule has 1 aromatic heterocycles. The molecule has 1 aliphatic heterocycles. The molecule has 0 spiro atoms. The number of halogens is 1. The van der Waals surface area contributed by atoms with Crippen LogP contribution in [-0.2, 0) is 9.53 Å². The molecule has 0 amide bonds. The number of fused-ring (bicyclic) bond motifs is 1. The average Bonchev–Trinajstić information content (AvgIpc) is 3.14. The standard InChI is InChI=1S/C25H23BrN2O6S/c1-5-34-24(31)21-13(2)27-25-28(22(21)17-12-16(32-3)7-9-19(17)33-4)23(30)20(35-25)11-14-10-15(26)6-8-18(14)29/h6-12,22,29H,5H2,1-4H3/b20-11+. The van der Waals surface area contributed by atoms with Crippen molar-refractivity contribution in [3.63, 3.8) is 0 Å². The molecule has 35 heavy (non-hydrogen) atoms. The maximum Gasteiger partial charge on any atom is 0.338 e. The van der Waals surface area contributed by atoms with Crippen LogP contribution < -0.4 is 24.4 Å². The minimum atomic E-state index is -0.853. The number of allylic oxidation sites excluding steroid dienone is 1. The Hall–Kier alpha value is -3.37. The number of benzene rings is 2. The van der Waals surface area contributed by atoms with E-state index >= 15 is 0 Å². The summed E-state index contributed by atoms with van der Waals surface area (Å²) >= 11 is 4.56. The third-order valence-corrected chi connectivity index (χ3v) is 7.00. The highest BCUT2D eigenvalue weighted by atomic mass is 79.9. The summed E-state index contributed by atoms with van der Waals surface area (Å²) in [6.07, 6.45) is 1.60. The van der Waals surface area contributed by atoms with Gasteiger partial charge in [0.2, 0.25) is 0 Å². The van der Waals surface area contributed by atoms with Gasteiger partial charge in [0.25, 0.3) is 5.56 Å². The van der Waals surface area contributed by atoms with Crippen molar-refractivity contribution in [3.8, 4) is 17.2 Å². The molecule has 0 saturated heterocycles. The molecule has 0 radical (unpaired) electrons. The zero-order chi connectivity index (χ0) is 25.3. The smallest absolute Gasteiger partial charge is 0.338 e. The summed E-state index contributed by atoms with van der Waals surface area (Å²) < 4.78 is 18.9. The van der Waals surface area contributed by atoms with Crippen molar-refractivity contribution in [2.24, 2.45) is 4.99 Å². The van der Waals surface area contributed by atoms with Gasteiger partial charge in [-0.2, -0.15) is 0 Å². The molecular weight excluding hydrogens is 536 g/mol. The molecule has 2 aromatic carbocycles. The van der Waals surface area contributed by atoms with E-state index in [-0.39, 0.29) is 23.5 Å². The molecule has 1 N–H and O–H groups in total. The highest BCUT2D eigenvalue weighted by molar-refractivity contribution is 9.10. The third-order valence-electron chi connectivity index (χ3n) is 5.52. The summed E-state index contributed by atoms with van der Waals surface area (Å²) in [5, 5.41) is 10.3. The maximum absolute atomic E-state index is 13.7. The molecule has 0 saturated carbocycles. The number of esters is 1. The van der Waals surface area contributed by atoms with Crippen molar-refractivity contribution in [2.75, 3.05) is 20.8 Å². The maximum atomic E-state index is 13.7. The molecule has 2 heterocycles. The van der Waals surface area contributed by atoms with E-state index < -0.39 is 12.0 Å². The second-order valence-electron chi connectivity index (χ2n) is 7.61. The Morgan fingerprint density at radius 3 is 2.69 bits per heavy atom. The lowest BCUT2D eigenvalue weighted by atomic mass is 9.94. The van der Waals surface area contributed by atoms with Gasteiger partial charge in [0.1, 0.15) is 23.3 Å². The SMILES string of the molecule is CCOC(=O)C1=C(C)N=c2s/c(=C/c3cc(Br)ccc3O)c(=O)n2C1c1cc(OC)ccc1OC. The number of carbonyl (C=O) groups excluding carboxylic acids is 1. The molecule has 1 aliphatic rings. The lowest BCUT2D eigenvalue weighted by Crippen LogP contribution is -2.40. The van der Waals surface area contributed by atoms with Gasteiger partial charge in [0, 0.05) is 15.6 Å². The normalized spacial score (nSPS) is 15.5. The van der Waals surface area contributed by atoms with Crippen LogP contribution in [0.2, 0.25) is 0 Å². The van der Waals surface area contributed by atoms with Gasteiger partial charge in [-0.05, 0) is 56.3 Å². The lowest BCUT2D eigenvalue weighted by Gasteiger charge is -2.26. The van der Waals surface area contributed by atoms with Crippen molar-refractivity contribution >= 4 is 39.3 Å². The van der Waals surface area contributed by atoms with Gasteiger partial charge >= 0.3 is 5.97 Å². The molecule has 1 atom stereocenters. The molecule has 8 nitrogen and oxygen atoms in total. The second kappa shape index (κ2) is 10.1. The fourth-order valence-corrected chi connectivity index (χ4v) is 5.34. The Morgan fingerprint density at radius 2 is 2.00 bits per heavy atom. The fraction of sp³-hybridized carbons (Fsp3) is 0.240. The van der Waals surface area contributed by atoms with Crippen molar-refractivity contribution in [3.05, 3.63) is 83.0 Å².